The Labute approximate surface area is 84.7 Å². The Kier molecular flexibility index (Phi) is 2.96. The van der Waals surface area contributed by atoms with E-state index in [1.54, 1.807) is 7.11 Å². The van der Waals surface area contributed by atoms with Crippen molar-refractivity contribution in [1.29, 1.82) is 0 Å². The Balaban J connectivity index is 1.89. The van der Waals surface area contributed by atoms with Gasteiger partial charge in [-0.1, -0.05) is 12.8 Å². The van der Waals surface area contributed by atoms with Gasteiger partial charge in [0.25, 0.3) is 0 Å². The molecule has 0 aromatic heterocycles. The second-order valence-electron chi connectivity index (χ2n) is 4.21. The molecule has 3 heteroatoms. The van der Waals surface area contributed by atoms with Gasteiger partial charge in [-0.05, 0) is 18.8 Å². The quantitative estimate of drug-likeness (QED) is 0.756. The maximum atomic E-state index is 9.63. The van der Waals surface area contributed by atoms with E-state index in [2.05, 4.69) is 0 Å². The molecule has 1 N–H and O–H groups in total. The van der Waals surface area contributed by atoms with Crippen molar-refractivity contribution in [3.8, 4) is 0 Å². The van der Waals surface area contributed by atoms with Gasteiger partial charge in [-0.25, -0.2) is 0 Å². The second-order valence-corrected chi connectivity index (χ2v) is 4.21. The molecule has 2 rings (SSSR count). The van der Waals surface area contributed by atoms with Gasteiger partial charge < -0.3 is 14.6 Å². The van der Waals surface area contributed by atoms with E-state index in [4.69, 9.17) is 9.47 Å². The van der Waals surface area contributed by atoms with E-state index >= 15 is 0 Å². The molecule has 0 unspecified atom stereocenters. The Morgan fingerprint density at radius 1 is 1.43 bits per heavy atom. The van der Waals surface area contributed by atoms with Crippen LogP contribution in [-0.4, -0.2) is 24.9 Å². The van der Waals surface area contributed by atoms with E-state index in [9.17, 15) is 5.11 Å². The number of methoxy groups -OCH3 is 1. The largest absolute Gasteiger partial charge is 0.509 e. The van der Waals surface area contributed by atoms with Gasteiger partial charge in [0.15, 0.2) is 5.76 Å². The van der Waals surface area contributed by atoms with Crippen LogP contribution in [0.5, 0.6) is 0 Å². The minimum atomic E-state index is 0.211. The van der Waals surface area contributed by atoms with Gasteiger partial charge in [-0.15, -0.1) is 0 Å². The summed E-state index contributed by atoms with van der Waals surface area (Å²) < 4.78 is 10.7. The van der Waals surface area contributed by atoms with E-state index in [1.165, 1.54) is 25.7 Å². The van der Waals surface area contributed by atoms with Crippen LogP contribution in [0.2, 0.25) is 0 Å². The molecule has 0 saturated heterocycles. The molecular formula is C11H18O3. The number of rotatable bonds is 3. The molecule has 3 nitrogen and oxygen atoms in total. The molecule has 0 aromatic carbocycles. The first-order chi connectivity index (χ1) is 6.81. The lowest BCUT2D eigenvalue weighted by atomic mass is 9.99. The van der Waals surface area contributed by atoms with Crippen LogP contribution in [0.15, 0.2) is 11.5 Å². The van der Waals surface area contributed by atoms with Crippen molar-refractivity contribution >= 4 is 0 Å². The maximum absolute atomic E-state index is 9.63. The van der Waals surface area contributed by atoms with Crippen molar-refractivity contribution in [2.45, 2.75) is 38.2 Å². The molecule has 1 atom stereocenters. The van der Waals surface area contributed by atoms with E-state index in [-0.39, 0.29) is 6.10 Å². The summed E-state index contributed by atoms with van der Waals surface area (Å²) in [6, 6.07) is 0. The highest BCUT2D eigenvalue weighted by molar-refractivity contribution is 5.09. The van der Waals surface area contributed by atoms with Crippen molar-refractivity contribution in [1.82, 2.24) is 0 Å². The van der Waals surface area contributed by atoms with Crippen LogP contribution in [0, 0.1) is 5.92 Å². The molecule has 1 aliphatic carbocycles. The summed E-state index contributed by atoms with van der Waals surface area (Å²) in [6.45, 7) is 0.398. The van der Waals surface area contributed by atoms with E-state index in [1.807, 2.05) is 0 Å². The third kappa shape index (κ3) is 1.87. The summed E-state index contributed by atoms with van der Waals surface area (Å²) in [5, 5.41) is 9.63. The van der Waals surface area contributed by atoms with Crippen molar-refractivity contribution in [3.05, 3.63) is 11.5 Å². The van der Waals surface area contributed by atoms with Gasteiger partial charge in [0.1, 0.15) is 18.5 Å². The molecule has 1 saturated carbocycles. The minimum absolute atomic E-state index is 0.211. The summed E-state index contributed by atoms with van der Waals surface area (Å²) in [6.07, 6.45) is 6.01. The van der Waals surface area contributed by atoms with Gasteiger partial charge in [0, 0.05) is 13.5 Å². The van der Waals surface area contributed by atoms with Gasteiger partial charge in [-0.3, -0.25) is 0 Å². The Bertz CT molecular complexity index is 229. The summed E-state index contributed by atoms with van der Waals surface area (Å²) in [4.78, 5) is 0. The Morgan fingerprint density at radius 3 is 2.79 bits per heavy atom. The fraction of sp³-hybridized carbons (Fsp3) is 0.818. The van der Waals surface area contributed by atoms with Crippen LogP contribution >= 0.6 is 0 Å². The van der Waals surface area contributed by atoms with Crippen LogP contribution in [0.3, 0.4) is 0 Å². The lowest BCUT2D eigenvalue weighted by Gasteiger charge is -2.18. The summed E-state index contributed by atoms with van der Waals surface area (Å²) in [5.41, 5.74) is 0. The van der Waals surface area contributed by atoms with Crippen molar-refractivity contribution < 1.29 is 14.6 Å². The zero-order valence-corrected chi connectivity index (χ0v) is 8.66. The van der Waals surface area contributed by atoms with Crippen LogP contribution in [0.4, 0.5) is 0 Å². The molecule has 1 heterocycles. The van der Waals surface area contributed by atoms with Crippen LogP contribution in [-0.2, 0) is 9.47 Å². The minimum Gasteiger partial charge on any atom is -0.509 e. The molecule has 2 aliphatic rings. The van der Waals surface area contributed by atoms with Gasteiger partial charge >= 0.3 is 0 Å². The normalized spacial score (nSPS) is 28.5. The van der Waals surface area contributed by atoms with Gasteiger partial charge in [0.2, 0.25) is 0 Å². The van der Waals surface area contributed by atoms with Crippen LogP contribution < -0.4 is 0 Å². The van der Waals surface area contributed by atoms with Crippen LogP contribution in [0.1, 0.15) is 32.1 Å². The first-order valence-electron chi connectivity index (χ1n) is 5.38. The number of hydrogen-bond donors (Lipinski definition) is 1. The molecule has 0 amide bonds. The monoisotopic (exact) mass is 198 g/mol. The molecular weight excluding hydrogens is 180 g/mol. The van der Waals surface area contributed by atoms with Crippen LogP contribution in [0.25, 0.3) is 0 Å². The first-order valence-corrected chi connectivity index (χ1v) is 5.38. The molecule has 0 bridgehead atoms. The average molecular weight is 198 g/mol. The fourth-order valence-corrected chi connectivity index (χ4v) is 2.44. The smallest absolute Gasteiger partial charge is 0.159 e. The Morgan fingerprint density at radius 2 is 2.14 bits per heavy atom. The van der Waals surface area contributed by atoms with Gasteiger partial charge in [-0.2, -0.15) is 0 Å². The topological polar surface area (TPSA) is 38.7 Å². The number of aliphatic hydroxyl groups excluding tert-OH is 1. The first kappa shape index (κ1) is 9.84. The fourth-order valence-electron chi connectivity index (χ4n) is 2.44. The number of hydrogen-bond acceptors (Lipinski definition) is 3. The Hall–Kier alpha value is -0.700. The molecule has 1 aliphatic heterocycles. The van der Waals surface area contributed by atoms with E-state index < -0.39 is 0 Å². The third-order valence-corrected chi connectivity index (χ3v) is 3.21. The molecule has 0 radical (unpaired) electrons. The van der Waals surface area contributed by atoms with Gasteiger partial charge in [0.05, 0.1) is 0 Å². The zero-order chi connectivity index (χ0) is 9.97. The average Bonchev–Trinajstić information content (AvgIpc) is 2.76. The van der Waals surface area contributed by atoms with Crippen molar-refractivity contribution in [3.63, 3.8) is 0 Å². The number of aliphatic hydroxyl groups is 1. The van der Waals surface area contributed by atoms with E-state index in [0.29, 0.717) is 30.5 Å². The molecule has 0 aromatic rings. The molecule has 0 spiro atoms. The summed E-state index contributed by atoms with van der Waals surface area (Å²) in [7, 11) is 1.62. The second kappa shape index (κ2) is 4.22. The van der Waals surface area contributed by atoms with Crippen molar-refractivity contribution in [2.75, 3.05) is 13.7 Å². The molecule has 1 fully saturated rings. The highest BCUT2D eigenvalue weighted by Gasteiger charge is 2.33. The predicted molar refractivity (Wildman–Crippen MR) is 53.0 cm³/mol. The molecule has 14 heavy (non-hydrogen) atoms. The SMILES string of the molecule is COCC1=C(O)C[C@H](C2CCCC2)O1. The van der Waals surface area contributed by atoms with E-state index in [0.717, 1.165) is 0 Å². The lowest BCUT2D eigenvalue weighted by molar-refractivity contribution is 0.0617. The predicted octanol–water partition coefficient (Wildman–Crippen LogP) is 2.38. The highest BCUT2D eigenvalue weighted by atomic mass is 16.5. The zero-order valence-electron chi connectivity index (χ0n) is 8.66. The summed E-state index contributed by atoms with van der Waals surface area (Å²) >= 11 is 0. The maximum Gasteiger partial charge on any atom is 0.159 e. The highest BCUT2D eigenvalue weighted by Crippen LogP contribution is 2.36. The number of ether oxygens (including phenoxy) is 2. The standard InChI is InChI=1S/C11H18O3/c1-13-7-11-9(12)6-10(14-11)8-4-2-3-5-8/h8,10,12H,2-7H2,1H3/t10-/m1/s1. The third-order valence-electron chi connectivity index (χ3n) is 3.21. The lowest BCUT2D eigenvalue weighted by Crippen LogP contribution is -2.17. The van der Waals surface area contributed by atoms with Crippen molar-refractivity contribution in [2.24, 2.45) is 5.92 Å². The molecule has 80 valence electrons. The summed E-state index contributed by atoms with van der Waals surface area (Å²) in [5.74, 6) is 1.68.